The molecule has 0 amide bonds. The highest BCUT2D eigenvalue weighted by molar-refractivity contribution is 6.06. The highest BCUT2D eigenvalue weighted by Gasteiger charge is 2.61. The van der Waals surface area contributed by atoms with Gasteiger partial charge in [0.15, 0.2) is 11.5 Å². The molecule has 8 heteroatoms. The molecular formula is C19H20O8. The van der Waals surface area contributed by atoms with Gasteiger partial charge < -0.3 is 23.7 Å². The van der Waals surface area contributed by atoms with Crippen molar-refractivity contribution < 1.29 is 38.1 Å². The van der Waals surface area contributed by atoms with Crippen LogP contribution < -0.4 is 9.47 Å². The Morgan fingerprint density at radius 2 is 1.59 bits per heavy atom. The molecule has 0 aliphatic carbocycles. The molecule has 1 aromatic carbocycles. The van der Waals surface area contributed by atoms with E-state index >= 15 is 0 Å². The van der Waals surface area contributed by atoms with Gasteiger partial charge in [-0.05, 0) is 30.2 Å². The van der Waals surface area contributed by atoms with Crippen molar-refractivity contribution in [2.24, 2.45) is 0 Å². The van der Waals surface area contributed by atoms with E-state index in [9.17, 15) is 14.4 Å². The van der Waals surface area contributed by atoms with Crippen LogP contribution in [0, 0.1) is 0 Å². The number of carbonyl (C=O) groups excluding carboxylic acids is 3. The zero-order chi connectivity index (χ0) is 19.9. The molecule has 0 radical (unpaired) electrons. The van der Waals surface area contributed by atoms with E-state index < -0.39 is 23.6 Å². The van der Waals surface area contributed by atoms with Gasteiger partial charge in [0.25, 0.3) is 0 Å². The molecule has 1 aromatic rings. The van der Waals surface area contributed by atoms with Gasteiger partial charge in [0.05, 0.1) is 39.6 Å². The van der Waals surface area contributed by atoms with Crippen LogP contribution in [-0.2, 0) is 34.2 Å². The molecule has 2 bridgehead atoms. The predicted molar refractivity (Wildman–Crippen MR) is 91.4 cm³/mol. The third-order valence-corrected chi connectivity index (χ3v) is 4.82. The van der Waals surface area contributed by atoms with Gasteiger partial charge in [0, 0.05) is 6.42 Å². The maximum Gasteiger partial charge on any atom is 0.337 e. The summed E-state index contributed by atoms with van der Waals surface area (Å²) in [6.45, 7) is 1.39. The lowest BCUT2D eigenvalue weighted by Crippen LogP contribution is -2.34. The number of carbonyl (C=O) groups is 3. The number of ether oxygens (including phenoxy) is 5. The Bertz CT molecular complexity index is 869. The molecule has 8 nitrogen and oxygen atoms in total. The topological polar surface area (TPSA) is 97.4 Å². The summed E-state index contributed by atoms with van der Waals surface area (Å²) in [7, 11) is 5.38. The van der Waals surface area contributed by atoms with Crippen molar-refractivity contribution in [2.75, 3.05) is 28.4 Å². The second kappa shape index (κ2) is 6.70. The van der Waals surface area contributed by atoms with Gasteiger partial charge in [-0.25, -0.2) is 9.59 Å². The summed E-state index contributed by atoms with van der Waals surface area (Å²) >= 11 is 0. The zero-order valence-corrected chi connectivity index (χ0v) is 15.7. The molecule has 0 N–H and O–H groups in total. The number of esters is 2. The molecule has 0 fully saturated rings. The van der Waals surface area contributed by atoms with Crippen LogP contribution in [0.3, 0.4) is 0 Å². The van der Waals surface area contributed by atoms with Crippen LogP contribution in [0.25, 0.3) is 0 Å². The first-order valence-corrected chi connectivity index (χ1v) is 8.19. The Hall–Kier alpha value is -2.87. The molecule has 0 saturated carbocycles. The summed E-state index contributed by atoms with van der Waals surface area (Å²) in [4.78, 5) is 37.1. The fraction of sp³-hybridized carbons (Fsp3) is 0.421. The summed E-state index contributed by atoms with van der Waals surface area (Å²) in [5, 5.41) is 0. The fourth-order valence-electron chi connectivity index (χ4n) is 3.82. The molecular weight excluding hydrogens is 356 g/mol. The standard InChI is InChI=1S/C19H20O8/c1-9(20)8-19-11-7-13(24-3)12(23-2)6-10(11)16(27-19)14(17(21)25-4)15(19)18(22)26-5/h6-7,16H,8H2,1-5H3/t16-,19+/m0/s1. The van der Waals surface area contributed by atoms with Gasteiger partial charge in [-0.3, -0.25) is 4.79 Å². The third kappa shape index (κ3) is 2.59. The number of benzene rings is 1. The van der Waals surface area contributed by atoms with Crippen molar-refractivity contribution in [3.8, 4) is 11.5 Å². The van der Waals surface area contributed by atoms with Crippen molar-refractivity contribution >= 4 is 17.7 Å². The van der Waals surface area contributed by atoms with Crippen LogP contribution in [0.4, 0.5) is 0 Å². The maximum atomic E-state index is 12.6. The lowest BCUT2D eigenvalue weighted by molar-refractivity contribution is -0.140. The van der Waals surface area contributed by atoms with Crippen molar-refractivity contribution in [1.29, 1.82) is 0 Å². The number of hydrogen-bond donors (Lipinski definition) is 0. The van der Waals surface area contributed by atoms with Gasteiger partial charge in [-0.1, -0.05) is 0 Å². The predicted octanol–water partition coefficient (Wildman–Crippen LogP) is 1.61. The Morgan fingerprint density at radius 1 is 1.00 bits per heavy atom. The fourth-order valence-corrected chi connectivity index (χ4v) is 3.82. The van der Waals surface area contributed by atoms with Crippen LogP contribution >= 0.6 is 0 Å². The van der Waals surface area contributed by atoms with E-state index in [1.165, 1.54) is 35.4 Å². The Balaban J connectivity index is 2.34. The average Bonchev–Trinajstić information content (AvgIpc) is 3.15. The van der Waals surface area contributed by atoms with Gasteiger partial charge >= 0.3 is 11.9 Å². The maximum absolute atomic E-state index is 12.6. The summed E-state index contributed by atoms with van der Waals surface area (Å²) in [5.41, 5.74) is -0.250. The van der Waals surface area contributed by atoms with Gasteiger partial charge in [0.1, 0.15) is 17.5 Å². The molecule has 0 unspecified atom stereocenters. The van der Waals surface area contributed by atoms with Gasteiger partial charge in [0.2, 0.25) is 0 Å². The van der Waals surface area contributed by atoms with Crippen molar-refractivity contribution in [2.45, 2.75) is 25.0 Å². The quantitative estimate of drug-likeness (QED) is 0.691. The molecule has 144 valence electrons. The minimum absolute atomic E-state index is 0.0169. The highest BCUT2D eigenvalue weighted by Crippen LogP contribution is 2.61. The summed E-state index contributed by atoms with van der Waals surface area (Å²) in [5.74, 6) is -0.830. The van der Waals surface area contributed by atoms with E-state index in [0.29, 0.717) is 22.6 Å². The second-order valence-electron chi connectivity index (χ2n) is 6.27. The SMILES string of the molecule is COC(=O)C1=C(C(=O)OC)[C@]2(CC(C)=O)O[C@H]1c1cc(OC)c(OC)cc12. The molecule has 2 atom stereocenters. The number of methoxy groups -OCH3 is 4. The van der Waals surface area contributed by atoms with Crippen LogP contribution in [0.15, 0.2) is 23.3 Å². The molecule has 0 saturated heterocycles. The van der Waals surface area contributed by atoms with Crippen molar-refractivity contribution in [1.82, 2.24) is 0 Å². The third-order valence-electron chi connectivity index (χ3n) is 4.82. The smallest absolute Gasteiger partial charge is 0.337 e. The van der Waals surface area contributed by atoms with Crippen molar-refractivity contribution in [3.63, 3.8) is 0 Å². The lowest BCUT2D eigenvalue weighted by atomic mass is 9.74. The first-order valence-electron chi connectivity index (χ1n) is 8.19. The Labute approximate surface area is 156 Å². The van der Waals surface area contributed by atoms with E-state index in [1.54, 1.807) is 12.1 Å². The Morgan fingerprint density at radius 3 is 2.11 bits per heavy atom. The molecule has 2 heterocycles. The van der Waals surface area contributed by atoms with Crippen molar-refractivity contribution in [3.05, 3.63) is 34.4 Å². The van der Waals surface area contributed by atoms with Crippen LogP contribution in [-0.4, -0.2) is 46.2 Å². The van der Waals surface area contributed by atoms with Crippen LogP contribution in [0.5, 0.6) is 11.5 Å². The first kappa shape index (κ1) is 18.9. The molecule has 3 rings (SSSR count). The molecule has 0 spiro atoms. The number of rotatable bonds is 6. The van der Waals surface area contributed by atoms with E-state index in [1.807, 2.05) is 0 Å². The Kier molecular flexibility index (Phi) is 4.69. The van der Waals surface area contributed by atoms with Gasteiger partial charge in [-0.15, -0.1) is 0 Å². The van der Waals surface area contributed by atoms with E-state index in [4.69, 9.17) is 23.7 Å². The molecule has 27 heavy (non-hydrogen) atoms. The number of hydrogen-bond acceptors (Lipinski definition) is 8. The number of ketones is 1. The second-order valence-corrected chi connectivity index (χ2v) is 6.27. The lowest BCUT2D eigenvalue weighted by Gasteiger charge is -2.29. The summed E-state index contributed by atoms with van der Waals surface area (Å²) in [6.07, 6.45) is -1.02. The van der Waals surface area contributed by atoms with Crippen LogP contribution in [0.2, 0.25) is 0 Å². The molecule has 0 aromatic heterocycles. The monoisotopic (exact) mass is 376 g/mol. The van der Waals surface area contributed by atoms with E-state index in [0.717, 1.165) is 0 Å². The van der Waals surface area contributed by atoms with Gasteiger partial charge in [-0.2, -0.15) is 0 Å². The minimum atomic E-state index is -1.44. The minimum Gasteiger partial charge on any atom is -0.493 e. The van der Waals surface area contributed by atoms with Crippen LogP contribution in [0.1, 0.15) is 30.6 Å². The highest BCUT2D eigenvalue weighted by atomic mass is 16.6. The zero-order valence-electron chi connectivity index (χ0n) is 15.7. The number of Topliss-reactive ketones (excluding diaryl/α,β-unsaturated/α-hetero) is 1. The largest absolute Gasteiger partial charge is 0.493 e. The average molecular weight is 376 g/mol. The number of fused-ring (bicyclic) bond motifs is 5. The summed E-state index contributed by atoms with van der Waals surface area (Å²) < 4.78 is 26.5. The van der Waals surface area contributed by atoms with E-state index in [2.05, 4.69) is 0 Å². The van der Waals surface area contributed by atoms with E-state index in [-0.39, 0.29) is 23.4 Å². The molecule has 2 aliphatic heterocycles. The molecule has 2 aliphatic rings. The normalized spacial score (nSPS) is 22.3. The first-order chi connectivity index (χ1) is 12.8. The summed E-state index contributed by atoms with van der Waals surface area (Å²) in [6, 6.07) is 3.34.